The predicted molar refractivity (Wildman–Crippen MR) is 103 cm³/mol. The molecule has 0 fully saturated rings. The van der Waals surface area contributed by atoms with Gasteiger partial charge in [-0.1, -0.05) is 11.6 Å². The number of benzene rings is 1. The van der Waals surface area contributed by atoms with Gasteiger partial charge in [0.05, 0.1) is 16.8 Å². The van der Waals surface area contributed by atoms with Gasteiger partial charge in [-0.25, -0.2) is 4.98 Å². The number of nitrogens with zero attached hydrogens (tertiary/aromatic N) is 2. The first-order valence-corrected chi connectivity index (χ1v) is 9.25. The summed E-state index contributed by atoms with van der Waals surface area (Å²) in [4.78, 5) is 19.2. The Morgan fingerprint density at radius 1 is 1.44 bits per heavy atom. The lowest BCUT2D eigenvalue weighted by Gasteiger charge is -2.25. The summed E-state index contributed by atoms with van der Waals surface area (Å²) < 4.78 is 6.20. The standard InChI is InChI=1S/C18H19BrClN3O2/c1-3-25-16-5-4-11(8-13(16)19)18(24)22-15-9-12-10-23(2)7-6-14(12)21-17(15)20/h4-5,8-9H,3,6-7,10H2,1-2H3,(H,22,24). The molecule has 0 unspecified atom stereocenters. The Kier molecular flexibility index (Phi) is 5.61. The minimum atomic E-state index is -0.239. The largest absolute Gasteiger partial charge is 0.493 e. The number of hydrogen-bond donors (Lipinski definition) is 1. The Hall–Kier alpha value is -1.63. The lowest BCUT2D eigenvalue weighted by Crippen LogP contribution is -2.27. The minimum Gasteiger partial charge on any atom is -0.493 e. The molecule has 7 heteroatoms. The number of fused-ring (bicyclic) bond motifs is 1. The summed E-state index contributed by atoms with van der Waals surface area (Å²) in [5.41, 5.74) is 3.15. The molecule has 1 amide bonds. The fourth-order valence-corrected chi connectivity index (χ4v) is 3.48. The average Bonchev–Trinajstić information content (AvgIpc) is 2.58. The van der Waals surface area contributed by atoms with Gasteiger partial charge in [-0.15, -0.1) is 0 Å². The third-order valence-electron chi connectivity index (χ3n) is 4.06. The highest BCUT2D eigenvalue weighted by molar-refractivity contribution is 9.10. The molecule has 0 aliphatic carbocycles. The minimum absolute atomic E-state index is 0.239. The van der Waals surface area contributed by atoms with Gasteiger partial charge in [-0.05, 0) is 59.7 Å². The van der Waals surface area contributed by atoms with Crippen molar-refractivity contribution in [3.8, 4) is 5.75 Å². The molecule has 1 aromatic carbocycles. The van der Waals surface area contributed by atoms with E-state index in [0.29, 0.717) is 28.8 Å². The second-order valence-electron chi connectivity index (χ2n) is 5.95. The van der Waals surface area contributed by atoms with Crippen LogP contribution in [0.25, 0.3) is 0 Å². The van der Waals surface area contributed by atoms with Gasteiger partial charge in [0.25, 0.3) is 5.91 Å². The number of rotatable bonds is 4. The van der Waals surface area contributed by atoms with Crippen molar-refractivity contribution in [3.05, 3.63) is 50.7 Å². The van der Waals surface area contributed by atoms with Gasteiger partial charge < -0.3 is 15.0 Å². The molecule has 5 nitrogen and oxygen atoms in total. The van der Waals surface area contributed by atoms with Crippen LogP contribution in [0.1, 0.15) is 28.5 Å². The van der Waals surface area contributed by atoms with E-state index >= 15 is 0 Å². The van der Waals surface area contributed by atoms with E-state index < -0.39 is 0 Å². The first-order chi connectivity index (χ1) is 12.0. The number of hydrogen-bond acceptors (Lipinski definition) is 4. The highest BCUT2D eigenvalue weighted by Crippen LogP contribution is 2.29. The van der Waals surface area contributed by atoms with E-state index in [9.17, 15) is 4.79 Å². The van der Waals surface area contributed by atoms with Crippen LogP contribution in [0.4, 0.5) is 5.69 Å². The summed E-state index contributed by atoms with van der Waals surface area (Å²) in [6, 6.07) is 7.14. The fraction of sp³-hybridized carbons (Fsp3) is 0.333. The third-order valence-corrected chi connectivity index (χ3v) is 4.97. The fourth-order valence-electron chi connectivity index (χ4n) is 2.78. The molecule has 0 spiro atoms. The zero-order chi connectivity index (χ0) is 18.0. The number of anilines is 1. The maximum atomic E-state index is 12.6. The van der Waals surface area contributed by atoms with Gasteiger partial charge in [0.15, 0.2) is 5.15 Å². The number of halogens is 2. The van der Waals surface area contributed by atoms with Gasteiger partial charge in [-0.2, -0.15) is 0 Å². The van der Waals surface area contributed by atoms with Crippen molar-refractivity contribution >= 4 is 39.1 Å². The smallest absolute Gasteiger partial charge is 0.255 e. The Bertz CT molecular complexity index is 813. The first-order valence-electron chi connectivity index (χ1n) is 8.08. The lowest BCUT2D eigenvalue weighted by atomic mass is 10.1. The highest BCUT2D eigenvalue weighted by Gasteiger charge is 2.18. The van der Waals surface area contributed by atoms with Crippen molar-refractivity contribution in [2.75, 3.05) is 25.5 Å². The number of amides is 1. The van der Waals surface area contributed by atoms with Crippen molar-refractivity contribution in [1.82, 2.24) is 9.88 Å². The van der Waals surface area contributed by atoms with Crippen molar-refractivity contribution in [2.24, 2.45) is 0 Å². The average molecular weight is 425 g/mol. The number of carbonyl (C=O) groups excluding carboxylic acids is 1. The molecule has 0 bridgehead atoms. The lowest BCUT2D eigenvalue weighted by molar-refractivity contribution is 0.102. The quantitative estimate of drug-likeness (QED) is 0.750. The van der Waals surface area contributed by atoms with E-state index in [1.807, 2.05) is 13.0 Å². The zero-order valence-corrected chi connectivity index (χ0v) is 16.4. The Morgan fingerprint density at radius 3 is 2.96 bits per heavy atom. The van der Waals surface area contributed by atoms with Gasteiger partial charge in [-0.3, -0.25) is 4.79 Å². The van der Waals surface area contributed by atoms with Gasteiger partial charge in [0.2, 0.25) is 0 Å². The molecule has 1 N–H and O–H groups in total. The van der Waals surface area contributed by atoms with Crippen LogP contribution in [0.5, 0.6) is 5.75 Å². The number of pyridine rings is 1. The van der Waals surface area contributed by atoms with Crippen LogP contribution in [0, 0.1) is 0 Å². The van der Waals surface area contributed by atoms with E-state index in [4.69, 9.17) is 16.3 Å². The predicted octanol–water partition coefficient (Wildman–Crippen LogP) is 4.14. The molecular weight excluding hydrogens is 406 g/mol. The Balaban J connectivity index is 1.81. The van der Waals surface area contributed by atoms with Crippen molar-refractivity contribution in [2.45, 2.75) is 19.9 Å². The van der Waals surface area contributed by atoms with Gasteiger partial charge in [0, 0.05) is 30.8 Å². The van der Waals surface area contributed by atoms with Crippen LogP contribution in [0.15, 0.2) is 28.7 Å². The van der Waals surface area contributed by atoms with E-state index in [2.05, 4.69) is 38.2 Å². The van der Waals surface area contributed by atoms with Crippen LogP contribution >= 0.6 is 27.5 Å². The molecule has 132 valence electrons. The molecule has 1 aromatic heterocycles. The number of carbonyl (C=O) groups is 1. The van der Waals surface area contributed by atoms with Crippen LogP contribution in [0.3, 0.4) is 0 Å². The molecule has 0 saturated carbocycles. The van der Waals surface area contributed by atoms with Crippen LogP contribution < -0.4 is 10.1 Å². The number of ether oxygens (including phenoxy) is 1. The maximum Gasteiger partial charge on any atom is 0.255 e. The molecule has 0 atom stereocenters. The molecular formula is C18H19BrClN3O2. The number of nitrogens with one attached hydrogen (secondary N) is 1. The molecule has 1 aliphatic heterocycles. The van der Waals surface area contributed by atoms with E-state index in [1.165, 1.54) is 0 Å². The van der Waals surface area contributed by atoms with E-state index in [1.54, 1.807) is 18.2 Å². The van der Waals surface area contributed by atoms with Gasteiger partial charge in [0.1, 0.15) is 5.75 Å². The molecule has 25 heavy (non-hydrogen) atoms. The second-order valence-corrected chi connectivity index (χ2v) is 7.17. The summed E-state index contributed by atoms with van der Waals surface area (Å²) in [5, 5.41) is 3.18. The molecule has 1 aliphatic rings. The van der Waals surface area contributed by atoms with Crippen molar-refractivity contribution in [1.29, 1.82) is 0 Å². The Labute approximate surface area is 160 Å². The summed E-state index contributed by atoms with van der Waals surface area (Å²) in [7, 11) is 2.06. The second kappa shape index (κ2) is 7.72. The topological polar surface area (TPSA) is 54.5 Å². The maximum absolute atomic E-state index is 12.6. The molecule has 0 saturated heterocycles. The molecule has 2 heterocycles. The zero-order valence-electron chi connectivity index (χ0n) is 14.1. The number of aromatic nitrogens is 1. The number of likely N-dealkylation sites (N-methyl/N-ethyl adjacent to an activating group) is 1. The van der Waals surface area contributed by atoms with Crippen molar-refractivity contribution in [3.63, 3.8) is 0 Å². The van der Waals surface area contributed by atoms with Crippen LogP contribution in [-0.4, -0.2) is 36.0 Å². The molecule has 0 radical (unpaired) electrons. The Morgan fingerprint density at radius 2 is 2.24 bits per heavy atom. The van der Waals surface area contributed by atoms with E-state index in [0.717, 1.165) is 35.2 Å². The first kappa shape index (κ1) is 18.2. The summed E-state index contributed by atoms with van der Waals surface area (Å²) in [5.74, 6) is 0.465. The third kappa shape index (κ3) is 4.14. The SMILES string of the molecule is CCOc1ccc(C(=O)Nc2cc3c(nc2Cl)CCN(C)C3)cc1Br. The van der Waals surface area contributed by atoms with Gasteiger partial charge >= 0.3 is 0 Å². The molecule has 3 rings (SSSR count). The summed E-state index contributed by atoms with van der Waals surface area (Å²) in [6.45, 7) is 4.24. The molecule has 2 aromatic rings. The van der Waals surface area contributed by atoms with Crippen molar-refractivity contribution < 1.29 is 9.53 Å². The highest BCUT2D eigenvalue weighted by atomic mass is 79.9. The van der Waals surface area contributed by atoms with E-state index in [-0.39, 0.29) is 5.91 Å². The monoisotopic (exact) mass is 423 g/mol. The van der Waals surface area contributed by atoms with Crippen LogP contribution in [-0.2, 0) is 13.0 Å². The summed E-state index contributed by atoms with van der Waals surface area (Å²) in [6.07, 6.45) is 0.867. The normalized spacial score (nSPS) is 14.1. The van der Waals surface area contributed by atoms with Crippen LogP contribution in [0.2, 0.25) is 5.15 Å². The summed E-state index contributed by atoms with van der Waals surface area (Å²) >= 11 is 9.68.